The maximum Gasteiger partial charge on any atom is 0.507 e. The van der Waals surface area contributed by atoms with Crippen molar-refractivity contribution in [2.45, 2.75) is 89.7 Å². The molecule has 0 bridgehead atoms. The van der Waals surface area contributed by atoms with Crippen LogP contribution in [0.15, 0.2) is 0 Å². The van der Waals surface area contributed by atoms with E-state index in [2.05, 4.69) is 27.7 Å². The van der Waals surface area contributed by atoms with Crippen molar-refractivity contribution < 1.29 is 13.3 Å². The van der Waals surface area contributed by atoms with E-state index in [0.29, 0.717) is 11.8 Å². The van der Waals surface area contributed by atoms with E-state index in [1.165, 1.54) is 51.4 Å². The van der Waals surface area contributed by atoms with Crippen molar-refractivity contribution in [2.24, 2.45) is 11.8 Å². The molecule has 2 aliphatic rings. The molecule has 0 aromatic heterocycles. The fourth-order valence-corrected chi connectivity index (χ4v) is 8.82. The van der Waals surface area contributed by atoms with E-state index in [0.717, 1.165) is 0 Å². The highest BCUT2D eigenvalue weighted by molar-refractivity contribution is 6.64. The predicted molar refractivity (Wildman–Crippen MR) is 92.9 cm³/mol. The Kier molecular flexibility index (Phi) is 5.80. The Bertz CT molecular complexity index is 332. The first-order valence-corrected chi connectivity index (χ1v) is 10.8. The van der Waals surface area contributed by atoms with Gasteiger partial charge in [-0.25, -0.2) is 0 Å². The molecule has 2 saturated carbocycles. The van der Waals surface area contributed by atoms with E-state index in [9.17, 15) is 0 Å². The molecule has 130 valence electrons. The fraction of sp³-hybridized carbons (Fsp3) is 1.00. The molecule has 0 N–H and O–H groups in total. The van der Waals surface area contributed by atoms with Crippen LogP contribution in [0.5, 0.6) is 0 Å². The van der Waals surface area contributed by atoms with E-state index < -0.39 is 8.80 Å². The Morgan fingerprint density at radius 2 is 1.09 bits per heavy atom. The molecular weight excluding hydrogens is 292 g/mol. The van der Waals surface area contributed by atoms with Gasteiger partial charge in [0.05, 0.1) is 5.60 Å². The van der Waals surface area contributed by atoms with Crippen molar-refractivity contribution in [3.63, 3.8) is 0 Å². The Morgan fingerprint density at radius 3 is 1.36 bits per heavy atom. The van der Waals surface area contributed by atoms with Gasteiger partial charge in [-0.05, 0) is 58.3 Å². The molecule has 0 radical (unpaired) electrons. The summed E-state index contributed by atoms with van der Waals surface area (Å²) >= 11 is 0. The summed E-state index contributed by atoms with van der Waals surface area (Å²) in [6.45, 7) is 8.80. The molecule has 22 heavy (non-hydrogen) atoms. The van der Waals surface area contributed by atoms with E-state index in [4.69, 9.17) is 13.3 Å². The van der Waals surface area contributed by atoms with Crippen LogP contribution >= 0.6 is 0 Å². The molecule has 0 atom stereocenters. The third-order valence-electron chi connectivity index (χ3n) is 6.04. The predicted octanol–water partition coefficient (Wildman–Crippen LogP) is 5.17. The minimum Gasteiger partial charge on any atom is -0.376 e. The third kappa shape index (κ3) is 3.30. The quantitative estimate of drug-likeness (QED) is 0.629. The number of hydrogen-bond acceptors (Lipinski definition) is 3. The lowest BCUT2D eigenvalue weighted by Gasteiger charge is -2.51. The zero-order chi connectivity index (χ0) is 16.4. The van der Waals surface area contributed by atoms with E-state index in [1.54, 1.807) is 0 Å². The molecule has 2 fully saturated rings. The van der Waals surface area contributed by atoms with Crippen molar-refractivity contribution in [3.8, 4) is 0 Å². The Balaban J connectivity index is 2.42. The molecule has 2 aliphatic carbocycles. The van der Waals surface area contributed by atoms with Gasteiger partial charge in [-0.3, -0.25) is 0 Å². The molecule has 0 aromatic rings. The highest BCUT2D eigenvalue weighted by Gasteiger charge is 2.65. The van der Waals surface area contributed by atoms with Gasteiger partial charge in [-0.1, -0.05) is 32.6 Å². The smallest absolute Gasteiger partial charge is 0.376 e. The minimum atomic E-state index is -2.76. The molecule has 0 unspecified atom stereocenters. The average molecular weight is 329 g/mol. The first-order valence-electron chi connectivity index (χ1n) is 9.09. The van der Waals surface area contributed by atoms with Gasteiger partial charge in [0.2, 0.25) is 0 Å². The SMILES string of the molecule is CO[Si](OC)(OC(C)(C)C)C(C)(C1CCCC1)C1CCCC1. The summed E-state index contributed by atoms with van der Waals surface area (Å²) in [7, 11) is 0.856. The average Bonchev–Trinajstić information content (AvgIpc) is 3.14. The largest absolute Gasteiger partial charge is 0.507 e. The zero-order valence-electron chi connectivity index (χ0n) is 15.5. The fourth-order valence-electron chi connectivity index (χ4n) is 5.00. The first kappa shape index (κ1) is 18.4. The van der Waals surface area contributed by atoms with Crippen LogP contribution in [0, 0.1) is 11.8 Å². The highest BCUT2D eigenvalue weighted by Crippen LogP contribution is 2.61. The zero-order valence-corrected chi connectivity index (χ0v) is 16.5. The van der Waals surface area contributed by atoms with Crippen molar-refractivity contribution in [1.29, 1.82) is 0 Å². The second kappa shape index (κ2) is 6.92. The monoisotopic (exact) mass is 328 g/mol. The lowest BCUT2D eigenvalue weighted by atomic mass is 9.79. The van der Waals surface area contributed by atoms with Gasteiger partial charge in [0.25, 0.3) is 0 Å². The van der Waals surface area contributed by atoms with Gasteiger partial charge >= 0.3 is 8.80 Å². The van der Waals surface area contributed by atoms with Crippen LogP contribution in [-0.2, 0) is 13.3 Å². The normalized spacial score (nSPS) is 22.6. The maximum absolute atomic E-state index is 6.61. The molecule has 0 spiro atoms. The standard InChI is InChI=1S/C18H36O3Si/c1-17(2,3)21-22(19-5,20-6)18(4,15-11-7-8-12-15)16-13-9-10-14-16/h15-16H,7-14H2,1-6H3. The second-order valence-electron chi connectivity index (χ2n) is 8.42. The summed E-state index contributed by atoms with van der Waals surface area (Å²) in [4.78, 5) is 0. The minimum absolute atomic E-state index is 0.0524. The number of rotatable bonds is 6. The van der Waals surface area contributed by atoms with Crippen molar-refractivity contribution in [1.82, 2.24) is 0 Å². The summed E-state index contributed by atoms with van der Waals surface area (Å²) in [6, 6.07) is 0. The van der Waals surface area contributed by atoms with E-state index in [-0.39, 0.29) is 10.6 Å². The second-order valence-corrected chi connectivity index (χ2v) is 11.6. The van der Waals surface area contributed by atoms with Gasteiger partial charge in [-0.15, -0.1) is 0 Å². The van der Waals surface area contributed by atoms with Gasteiger partial charge in [0.15, 0.2) is 0 Å². The van der Waals surface area contributed by atoms with Crippen LogP contribution in [0.3, 0.4) is 0 Å². The summed E-state index contributed by atoms with van der Waals surface area (Å²) in [5, 5.41) is 0.0524. The summed E-state index contributed by atoms with van der Waals surface area (Å²) < 4.78 is 18.9. The lowest BCUT2D eigenvalue weighted by molar-refractivity contribution is -0.0204. The Morgan fingerprint density at radius 1 is 0.727 bits per heavy atom. The summed E-state index contributed by atoms with van der Waals surface area (Å²) in [5.41, 5.74) is -0.239. The van der Waals surface area contributed by atoms with Crippen LogP contribution in [0.25, 0.3) is 0 Å². The molecule has 0 aliphatic heterocycles. The molecular formula is C18H36O3Si. The van der Waals surface area contributed by atoms with Crippen molar-refractivity contribution in [3.05, 3.63) is 0 Å². The molecule has 2 rings (SSSR count). The van der Waals surface area contributed by atoms with Gasteiger partial charge in [-0.2, -0.15) is 0 Å². The van der Waals surface area contributed by atoms with Crippen LogP contribution in [0.1, 0.15) is 79.1 Å². The van der Waals surface area contributed by atoms with Crippen molar-refractivity contribution >= 4 is 8.80 Å². The van der Waals surface area contributed by atoms with Crippen LogP contribution in [0.2, 0.25) is 5.04 Å². The van der Waals surface area contributed by atoms with Crippen LogP contribution in [-0.4, -0.2) is 28.6 Å². The molecule has 4 heteroatoms. The highest BCUT2D eigenvalue weighted by atomic mass is 28.4. The molecule has 0 heterocycles. The first-order chi connectivity index (χ1) is 10.3. The summed E-state index contributed by atoms with van der Waals surface area (Å²) in [5.74, 6) is 1.37. The van der Waals surface area contributed by atoms with Gasteiger partial charge in [0, 0.05) is 19.3 Å². The van der Waals surface area contributed by atoms with Gasteiger partial charge in [0.1, 0.15) is 0 Å². The van der Waals surface area contributed by atoms with E-state index in [1.807, 2.05) is 14.2 Å². The third-order valence-corrected chi connectivity index (χ3v) is 10.1. The molecule has 0 aromatic carbocycles. The van der Waals surface area contributed by atoms with E-state index >= 15 is 0 Å². The molecule has 3 nitrogen and oxygen atoms in total. The van der Waals surface area contributed by atoms with Crippen LogP contribution < -0.4 is 0 Å². The Labute approximate surface area is 138 Å². The number of hydrogen-bond donors (Lipinski definition) is 0. The Hall–Kier alpha value is 0.0969. The summed E-state index contributed by atoms with van der Waals surface area (Å²) in [6.07, 6.45) is 10.6. The lowest BCUT2D eigenvalue weighted by Crippen LogP contribution is -2.61. The molecule has 0 saturated heterocycles. The van der Waals surface area contributed by atoms with Gasteiger partial charge < -0.3 is 13.3 Å². The van der Waals surface area contributed by atoms with Crippen LogP contribution in [0.4, 0.5) is 0 Å². The molecule has 0 amide bonds. The topological polar surface area (TPSA) is 27.7 Å². The van der Waals surface area contributed by atoms with Crippen molar-refractivity contribution in [2.75, 3.05) is 14.2 Å². The maximum atomic E-state index is 6.61.